The number of likely N-dealkylation sites (tertiary alicyclic amines) is 1. The highest BCUT2D eigenvalue weighted by Gasteiger charge is 2.34. The van der Waals surface area contributed by atoms with Crippen LogP contribution in [-0.4, -0.2) is 50.5 Å². The van der Waals surface area contributed by atoms with E-state index in [4.69, 9.17) is 4.52 Å². The van der Waals surface area contributed by atoms with Crippen molar-refractivity contribution in [3.63, 3.8) is 0 Å². The van der Waals surface area contributed by atoms with E-state index in [1.807, 2.05) is 4.90 Å². The van der Waals surface area contributed by atoms with Gasteiger partial charge in [0, 0.05) is 17.8 Å². The number of hydrogen-bond donors (Lipinski definition) is 2. The first-order chi connectivity index (χ1) is 16.7. The molecule has 1 aliphatic heterocycles. The topological polar surface area (TPSA) is 99.9 Å². The molecule has 1 fully saturated rings. The van der Waals surface area contributed by atoms with Gasteiger partial charge in [0.25, 0.3) is 0 Å². The number of fused-ring (bicyclic) bond motifs is 1. The second-order valence-corrected chi connectivity index (χ2v) is 8.40. The monoisotopic (exact) mass is 488 g/mol. The highest BCUT2D eigenvalue weighted by Crippen LogP contribution is 2.30. The van der Waals surface area contributed by atoms with Crippen molar-refractivity contribution >= 4 is 22.6 Å². The summed E-state index contributed by atoms with van der Waals surface area (Å²) in [5.41, 5.74) is 1.22. The Bertz CT molecular complexity index is 1370. The number of imidazole rings is 1. The van der Waals surface area contributed by atoms with Crippen molar-refractivity contribution in [2.75, 3.05) is 25.0 Å². The van der Waals surface area contributed by atoms with E-state index in [0.717, 1.165) is 12.8 Å². The first-order valence-corrected chi connectivity index (χ1v) is 10.9. The normalized spacial score (nSPS) is 17.1. The molecule has 1 saturated heterocycles. The molecule has 2 aromatic carbocycles. The van der Waals surface area contributed by atoms with Crippen LogP contribution in [0.5, 0.6) is 0 Å². The van der Waals surface area contributed by atoms with Gasteiger partial charge in [-0.2, -0.15) is 18.2 Å². The molecule has 8 nitrogen and oxygen atoms in total. The van der Waals surface area contributed by atoms with E-state index in [-0.39, 0.29) is 29.4 Å². The molecule has 0 saturated carbocycles. The third-order valence-corrected chi connectivity index (χ3v) is 5.78. The van der Waals surface area contributed by atoms with Crippen molar-refractivity contribution in [2.24, 2.45) is 0 Å². The molecule has 1 atom stereocenters. The van der Waals surface area contributed by atoms with Crippen molar-refractivity contribution in [3.8, 4) is 11.4 Å². The van der Waals surface area contributed by atoms with Gasteiger partial charge in [-0.05, 0) is 49.7 Å². The SMILES string of the molecule is O=C(CN1CCCC(c2nc(-c3cccc(F)c3)no2)C1)Nc1ccc2nc(C(F)(F)F)[nH]c2c1. The Morgan fingerprint density at radius 1 is 1.20 bits per heavy atom. The van der Waals surface area contributed by atoms with E-state index in [9.17, 15) is 22.4 Å². The summed E-state index contributed by atoms with van der Waals surface area (Å²) < 4.78 is 57.5. The average molecular weight is 488 g/mol. The number of anilines is 1. The molecule has 0 bridgehead atoms. The lowest BCUT2D eigenvalue weighted by molar-refractivity contribution is -0.144. The van der Waals surface area contributed by atoms with Crippen LogP contribution in [0, 0.1) is 5.82 Å². The summed E-state index contributed by atoms with van der Waals surface area (Å²) in [6.45, 7) is 1.31. The number of carbonyl (C=O) groups excluding carboxylic acids is 1. The van der Waals surface area contributed by atoms with Gasteiger partial charge in [0.15, 0.2) is 0 Å². The molecule has 2 N–H and O–H groups in total. The van der Waals surface area contributed by atoms with Crippen molar-refractivity contribution in [1.29, 1.82) is 0 Å². The maximum absolute atomic E-state index is 13.5. The smallest absolute Gasteiger partial charge is 0.339 e. The molecule has 1 amide bonds. The molecule has 5 rings (SSSR count). The van der Waals surface area contributed by atoms with Crippen LogP contribution < -0.4 is 5.32 Å². The second-order valence-electron chi connectivity index (χ2n) is 8.40. The zero-order chi connectivity index (χ0) is 24.6. The van der Waals surface area contributed by atoms with E-state index in [1.165, 1.54) is 30.3 Å². The standard InChI is InChI=1S/C23H20F4N6O2/c24-15-5-1-3-13(9-15)20-31-21(35-32-20)14-4-2-8-33(11-14)12-19(34)28-16-6-7-17-18(10-16)30-22(29-17)23(25,26)27/h1,3,5-7,9-10,14H,2,4,8,11-12H2,(H,28,34)(H,29,30). The molecule has 0 spiro atoms. The zero-order valence-corrected chi connectivity index (χ0v) is 18.3. The molecule has 0 aliphatic carbocycles. The molecular weight excluding hydrogens is 468 g/mol. The van der Waals surface area contributed by atoms with E-state index >= 15 is 0 Å². The summed E-state index contributed by atoms with van der Waals surface area (Å²) in [6.07, 6.45) is -2.96. The number of H-pyrrole nitrogens is 1. The van der Waals surface area contributed by atoms with Crippen molar-refractivity contribution < 1.29 is 26.9 Å². The lowest BCUT2D eigenvalue weighted by atomic mass is 9.98. The van der Waals surface area contributed by atoms with E-state index in [1.54, 1.807) is 12.1 Å². The van der Waals surface area contributed by atoms with Gasteiger partial charge in [-0.1, -0.05) is 17.3 Å². The van der Waals surface area contributed by atoms with Gasteiger partial charge in [-0.3, -0.25) is 9.69 Å². The molecule has 12 heteroatoms. The number of carbonyl (C=O) groups is 1. The van der Waals surface area contributed by atoms with E-state index in [0.29, 0.717) is 36.1 Å². The number of amides is 1. The molecular formula is C23H20F4N6O2. The Kier molecular flexibility index (Phi) is 5.97. The minimum absolute atomic E-state index is 0.0755. The summed E-state index contributed by atoms with van der Waals surface area (Å²) in [4.78, 5) is 24.7. The molecule has 1 unspecified atom stereocenters. The second kappa shape index (κ2) is 9.10. The number of rotatable bonds is 5. The largest absolute Gasteiger partial charge is 0.449 e. The van der Waals surface area contributed by atoms with Crippen LogP contribution >= 0.6 is 0 Å². The van der Waals surface area contributed by atoms with Gasteiger partial charge in [0.05, 0.1) is 23.5 Å². The van der Waals surface area contributed by atoms with Crippen LogP contribution in [0.15, 0.2) is 47.0 Å². The van der Waals surface area contributed by atoms with Crippen LogP contribution in [0.25, 0.3) is 22.4 Å². The maximum Gasteiger partial charge on any atom is 0.449 e. The Labute approximate surface area is 196 Å². The summed E-state index contributed by atoms with van der Waals surface area (Å²) in [5, 5.41) is 6.68. The number of hydrogen-bond acceptors (Lipinski definition) is 6. The predicted octanol–water partition coefficient (Wildman–Crippen LogP) is 4.59. The van der Waals surface area contributed by atoms with Crippen LogP contribution in [0.4, 0.5) is 23.2 Å². The van der Waals surface area contributed by atoms with Crippen molar-refractivity contribution in [3.05, 3.63) is 60.0 Å². The van der Waals surface area contributed by atoms with Gasteiger partial charge in [-0.15, -0.1) is 0 Å². The van der Waals surface area contributed by atoms with Crippen LogP contribution in [-0.2, 0) is 11.0 Å². The highest BCUT2D eigenvalue weighted by molar-refractivity contribution is 5.94. The number of aromatic nitrogens is 4. The maximum atomic E-state index is 13.5. The lowest BCUT2D eigenvalue weighted by Crippen LogP contribution is -2.39. The zero-order valence-electron chi connectivity index (χ0n) is 18.3. The fourth-order valence-electron chi connectivity index (χ4n) is 4.17. The average Bonchev–Trinajstić information content (AvgIpc) is 3.46. The number of halogens is 4. The fourth-order valence-corrected chi connectivity index (χ4v) is 4.17. The Morgan fingerprint density at radius 3 is 2.86 bits per heavy atom. The number of benzene rings is 2. The quantitative estimate of drug-likeness (QED) is 0.399. The van der Waals surface area contributed by atoms with E-state index < -0.39 is 17.8 Å². The summed E-state index contributed by atoms with van der Waals surface area (Å²) in [5.74, 6) is -1.12. The number of nitrogens with zero attached hydrogens (tertiary/aromatic N) is 4. The fraction of sp³-hybridized carbons (Fsp3) is 0.304. The van der Waals surface area contributed by atoms with Gasteiger partial charge < -0.3 is 14.8 Å². The molecule has 1 aliphatic rings. The minimum atomic E-state index is -4.58. The first kappa shape index (κ1) is 23.0. The summed E-state index contributed by atoms with van der Waals surface area (Å²) >= 11 is 0. The van der Waals surface area contributed by atoms with Gasteiger partial charge in [0.1, 0.15) is 5.82 Å². The van der Waals surface area contributed by atoms with Crippen LogP contribution in [0.1, 0.15) is 30.5 Å². The molecule has 35 heavy (non-hydrogen) atoms. The molecule has 182 valence electrons. The van der Waals surface area contributed by atoms with Gasteiger partial charge in [-0.25, -0.2) is 9.37 Å². The van der Waals surface area contributed by atoms with E-state index in [2.05, 4.69) is 25.4 Å². The highest BCUT2D eigenvalue weighted by atomic mass is 19.4. The molecule has 2 aromatic heterocycles. The number of aromatic amines is 1. The third-order valence-electron chi connectivity index (χ3n) is 5.78. The molecule has 3 heterocycles. The van der Waals surface area contributed by atoms with Crippen LogP contribution in [0.2, 0.25) is 0 Å². The minimum Gasteiger partial charge on any atom is -0.339 e. The summed E-state index contributed by atoms with van der Waals surface area (Å²) in [6, 6.07) is 10.3. The Hall–Kier alpha value is -3.80. The van der Waals surface area contributed by atoms with Gasteiger partial charge in [0.2, 0.25) is 23.4 Å². The lowest BCUT2D eigenvalue weighted by Gasteiger charge is -2.30. The Morgan fingerprint density at radius 2 is 2.06 bits per heavy atom. The van der Waals surface area contributed by atoms with Crippen LogP contribution in [0.3, 0.4) is 0 Å². The summed E-state index contributed by atoms with van der Waals surface area (Å²) in [7, 11) is 0. The predicted molar refractivity (Wildman–Crippen MR) is 118 cm³/mol. The number of piperidine rings is 1. The number of nitrogens with one attached hydrogen (secondary N) is 2. The third kappa shape index (κ3) is 5.16. The molecule has 4 aromatic rings. The van der Waals surface area contributed by atoms with Crippen molar-refractivity contribution in [1.82, 2.24) is 25.0 Å². The molecule has 0 radical (unpaired) electrons. The van der Waals surface area contributed by atoms with Gasteiger partial charge >= 0.3 is 6.18 Å². The first-order valence-electron chi connectivity index (χ1n) is 10.9. The Balaban J connectivity index is 1.21. The van der Waals surface area contributed by atoms with Crippen molar-refractivity contribution in [2.45, 2.75) is 24.9 Å². The number of alkyl halides is 3.